The zero-order valence-corrected chi connectivity index (χ0v) is 10.8. The largest absolute Gasteiger partial charge is 0.504 e. The lowest BCUT2D eigenvalue weighted by Gasteiger charge is -2.07. The molecule has 2 rings (SSSR count). The Morgan fingerprint density at radius 3 is 2.63 bits per heavy atom. The molecular weight excluding hydrogens is 293 g/mol. The maximum Gasteiger partial charge on any atom is 0.260 e. The summed E-state index contributed by atoms with van der Waals surface area (Å²) < 4.78 is 0. The van der Waals surface area contributed by atoms with Crippen molar-refractivity contribution in [1.82, 2.24) is 9.97 Å². The highest BCUT2D eigenvalue weighted by Crippen LogP contribution is 2.28. The van der Waals surface area contributed by atoms with Crippen molar-refractivity contribution in [1.29, 1.82) is 0 Å². The smallest absolute Gasteiger partial charge is 0.260 e. The van der Waals surface area contributed by atoms with Gasteiger partial charge in [0.15, 0.2) is 11.5 Å². The molecule has 0 aliphatic carbocycles. The summed E-state index contributed by atoms with van der Waals surface area (Å²) in [6, 6.07) is 5.31. The molecule has 1 aromatic heterocycles. The van der Waals surface area contributed by atoms with Gasteiger partial charge in [-0.3, -0.25) is 4.79 Å². The van der Waals surface area contributed by atoms with E-state index >= 15 is 0 Å². The van der Waals surface area contributed by atoms with Crippen molar-refractivity contribution < 1.29 is 15.0 Å². The van der Waals surface area contributed by atoms with Gasteiger partial charge in [0, 0.05) is 6.07 Å². The number of carbonyl (C=O) groups is 1. The number of amides is 1. The molecule has 0 bridgehead atoms. The lowest BCUT2D eigenvalue weighted by molar-refractivity contribution is 0.102. The second kappa shape index (κ2) is 5.29. The molecule has 0 aliphatic rings. The number of carbonyl (C=O) groups excluding carboxylic acids is 1. The molecule has 1 amide bonds. The Morgan fingerprint density at radius 1 is 1.21 bits per heavy atom. The molecule has 0 unspecified atom stereocenters. The van der Waals surface area contributed by atoms with Crippen LogP contribution in [0.15, 0.2) is 24.3 Å². The molecule has 0 saturated carbocycles. The summed E-state index contributed by atoms with van der Waals surface area (Å²) in [6.07, 6.45) is 0. The fraction of sp³-hybridized carbons (Fsp3) is 0. The molecule has 0 aliphatic heterocycles. The highest BCUT2D eigenvalue weighted by Gasteiger charge is 2.15. The van der Waals surface area contributed by atoms with Gasteiger partial charge >= 0.3 is 0 Å². The number of aromatic hydroxyl groups is 2. The molecule has 6 nitrogen and oxygen atoms in total. The first-order chi connectivity index (χ1) is 8.97. The van der Waals surface area contributed by atoms with Gasteiger partial charge in [-0.05, 0) is 23.7 Å². The zero-order chi connectivity index (χ0) is 14.0. The molecular formula is C11H7Cl2N3O3. The van der Waals surface area contributed by atoms with Gasteiger partial charge in [0.25, 0.3) is 5.91 Å². The highest BCUT2D eigenvalue weighted by molar-refractivity contribution is 6.32. The first-order valence-electron chi connectivity index (χ1n) is 5.00. The fourth-order valence-electron chi connectivity index (χ4n) is 1.35. The second-order valence-electron chi connectivity index (χ2n) is 3.47. The molecule has 1 aromatic carbocycles. The Balaban J connectivity index is 2.28. The van der Waals surface area contributed by atoms with Gasteiger partial charge in [0.2, 0.25) is 5.28 Å². The minimum atomic E-state index is -0.667. The van der Waals surface area contributed by atoms with E-state index in [-0.39, 0.29) is 21.8 Å². The Labute approximate surface area is 117 Å². The number of phenolic OH excluding ortho intramolecular Hbond substituents is 2. The number of hydrogen-bond donors (Lipinski definition) is 3. The first-order valence-corrected chi connectivity index (χ1v) is 5.75. The van der Waals surface area contributed by atoms with Gasteiger partial charge in [-0.15, -0.1) is 0 Å². The first kappa shape index (κ1) is 13.4. The van der Waals surface area contributed by atoms with Crippen molar-refractivity contribution in [2.75, 3.05) is 5.32 Å². The van der Waals surface area contributed by atoms with Gasteiger partial charge in [0.05, 0.1) is 5.56 Å². The van der Waals surface area contributed by atoms with E-state index in [0.717, 1.165) is 0 Å². The molecule has 0 saturated heterocycles. The number of para-hydroxylation sites is 1. The maximum absolute atomic E-state index is 11.9. The summed E-state index contributed by atoms with van der Waals surface area (Å²) in [5.74, 6) is -1.50. The van der Waals surface area contributed by atoms with Crippen LogP contribution in [0.3, 0.4) is 0 Å². The monoisotopic (exact) mass is 299 g/mol. The molecule has 3 N–H and O–H groups in total. The van der Waals surface area contributed by atoms with Crippen molar-refractivity contribution in [3.8, 4) is 11.5 Å². The number of halogens is 2. The van der Waals surface area contributed by atoms with E-state index in [0.29, 0.717) is 0 Å². The van der Waals surface area contributed by atoms with Gasteiger partial charge in [-0.25, -0.2) is 9.97 Å². The van der Waals surface area contributed by atoms with Crippen molar-refractivity contribution in [2.24, 2.45) is 0 Å². The number of benzene rings is 1. The van der Waals surface area contributed by atoms with E-state index in [9.17, 15) is 15.0 Å². The summed E-state index contributed by atoms with van der Waals surface area (Å²) in [5.41, 5.74) is -0.106. The minimum Gasteiger partial charge on any atom is -0.504 e. The molecule has 98 valence electrons. The molecule has 0 spiro atoms. The standard InChI is InChI=1S/C11H7Cl2N3O3/c12-7-4-8(16-11(13)14-7)15-10(19)5-2-1-3-6(17)9(5)18/h1-4,17-18H,(H,14,15,16,19). The van der Waals surface area contributed by atoms with Gasteiger partial charge in [0.1, 0.15) is 11.0 Å². The molecule has 19 heavy (non-hydrogen) atoms. The number of nitrogens with one attached hydrogen (secondary N) is 1. The molecule has 1 heterocycles. The van der Waals surface area contributed by atoms with Crippen LogP contribution in [0.1, 0.15) is 10.4 Å². The van der Waals surface area contributed by atoms with Crippen LogP contribution in [0.2, 0.25) is 10.4 Å². The Bertz CT molecular complexity index is 629. The summed E-state index contributed by atoms with van der Waals surface area (Å²) >= 11 is 11.2. The van der Waals surface area contributed by atoms with Crippen molar-refractivity contribution in [3.63, 3.8) is 0 Å². The molecule has 2 aromatic rings. The van der Waals surface area contributed by atoms with Crippen molar-refractivity contribution in [2.45, 2.75) is 0 Å². The van der Waals surface area contributed by atoms with Crippen molar-refractivity contribution in [3.05, 3.63) is 40.3 Å². The summed E-state index contributed by atoms with van der Waals surface area (Å²) in [5, 5.41) is 21.2. The lowest BCUT2D eigenvalue weighted by atomic mass is 10.1. The van der Waals surface area contributed by atoms with Crippen LogP contribution < -0.4 is 5.32 Å². The van der Waals surface area contributed by atoms with Gasteiger partial charge in [-0.2, -0.15) is 0 Å². The van der Waals surface area contributed by atoms with E-state index in [2.05, 4.69) is 15.3 Å². The van der Waals surface area contributed by atoms with E-state index < -0.39 is 17.4 Å². The molecule has 0 fully saturated rings. The summed E-state index contributed by atoms with van der Waals surface area (Å²) in [6.45, 7) is 0. The van der Waals surface area contributed by atoms with E-state index in [1.165, 1.54) is 24.3 Å². The van der Waals surface area contributed by atoms with Gasteiger partial charge in [-0.1, -0.05) is 17.7 Å². The normalized spacial score (nSPS) is 10.2. The molecule has 0 atom stereocenters. The molecule has 8 heteroatoms. The average molecular weight is 300 g/mol. The third-order valence-corrected chi connectivity index (χ3v) is 2.53. The Hall–Kier alpha value is -2.05. The summed E-state index contributed by atoms with van der Waals surface area (Å²) in [7, 11) is 0. The number of phenols is 2. The van der Waals surface area contributed by atoms with Crippen LogP contribution in [-0.2, 0) is 0 Å². The number of hydrogen-bond acceptors (Lipinski definition) is 5. The van der Waals surface area contributed by atoms with E-state index in [1.807, 2.05) is 0 Å². The quantitative estimate of drug-likeness (QED) is 0.450. The zero-order valence-electron chi connectivity index (χ0n) is 9.26. The van der Waals surface area contributed by atoms with Crippen LogP contribution in [0.4, 0.5) is 5.82 Å². The average Bonchev–Trinajstić information content (AvgIpc) is 2.31. The van der Waals surface area contributed by atoms with Crippen LogP contribution >= 0.6 is 23.2 Å². The second-order valence-corrected chi connectivity index (χ2v) is 4.20. The topological polar surface area (TPSA) is 95.3 Å². The third-order valence-electron chi connectivity index (χ3n) is 2.17. The van der Waals surface area contributed by atoms with Crippen molar-refractivity contribution >= 4 is 34.9 Å². The van der Waals surface area contributed by atoms with E-state index in [1.54, 1.807) is 0 Å². The van der Waals surface area contributed by atoms with Crippen LogP contribution in [-0.4, -0.2) is 26.1 Å². The number of aromatic nitrogens is 2. The predicted molar refractivity (Wildman–Crippen MR) is 69.8 cm³/mol. The van der Waals surface area contributed by atoms with E-state index in [4.69, 9.17) is 23.2 Å². The maximum atomic E-state index is 11.9. The van der Waals surface area contributed by atoms with Gasteiger partial charge < -0.3 is 15.5 Å². The Kier molecular flexibility index (Phi) is 3.73. The molecule has 0 radical (unpaired) electrons. The number of nitrogens with zero attached hydrogens (tertiary/aromatic N) is 2. The number of anilines is 1. The lowest BCUT2D eigenvalue weighted by Crippen LogP contribution is -2.13. The van der Waals surface area contributed by atoms with Crippen LogP contribution in [0.5, 0.6) is 11.5 Å². The van der Waals surface area contributed by atoms with Crippen LogP contribution in [0, 0.1) is 0 Å². The summed E-state index contributed by atoms with van der Waals surface area (Å²) in [4.78, 5) is 19.3. The number of rotatable bonds is 2. The van der Waals surface area contributed by atoms with Crippen LogP contribution in [0.25, 0.3) is 0 Å². The Morgan fingerprint density at radius 2 is 1.95 bits per heavy atom. The SMILES string of the molecule is O=C(Nc1cc(Cl)nc(Cl)n1)c1cccc(O)c1O. The highest BCUT2D eigenvalue weighted by atomic mass is 35.5. The third kappa shape index (κ3) is 3.04. The fourth-order valence-corrected chi connectivity index (χ4v) is 1.76. The minimum absolute atomic E-state index is 0.0652. The predicted octanol–water partition coefficient (Wildman–Crippen LogP) is 2.45.